The number of thioether (sulfide) groups is 1. The van der Waals surface area contributed by atoms with E-state index in [1.807, 2.05) is 24.3 Å². The smallest absolute Gasteiger partial charge is 0.0897 e. The monoisotopic (exact) mass is 313 g/mol. The maximum atomic E-state index is 9.73. The average molecular weight is 314 g/mol. The zero-order valence-corrected chi connectivity index (χ0v) is 12.9. The number of hydrogen-bond acceptors (Lipinski definition) is 4. The fourth-order valence-corrected chi connectivity index (χ4v) is 2.17. The van der Waals surface area contributed by atoms with Crippen LogP contribution in [-0.2, 0) is 11.3 Å². The molecule has 0 aromatic heterocycles. The molecule has 0 heterocycles. The van der Waals surface area contributed by atoms with Gasteiger partial charge in [0.2, 0.25) is 0 Å². The lowest BCUT2D eigenvalue weighted by Gasteiger charge is -2.12. The van der Waals surface area contributed by atoms with Crippen LogP contribution in [0.25, 0.3) is 0 Å². The number of halogens is 1. The molecule has 0 saturated heterocycles. The van der Waals surface area contributed by atoms with Crippen LogP contribution in [0.15, 0.2) is 24.3 Å². The standard InChI is InChI=1S/C15H20ClNO2S/c1-2-8-20-9-7-17-10-15(18)12-19-11-13-3-5-14(16)6-4-13/h1,3-6,15,17-18H,7-12H2. The third-order valence-corrected chi connectivity index (χ3v) is 3.60. The van der Waals surface area contributed by atoms with Gasteiger partial charge in [-0.05, 0) is 17.7 Å². The second-order valence-corrected chi connectivity index (χ2v) is 5.80. The molecule has 3 nitrogen and oxygen atoms in total. The molecule has 20 heavy (non-hydrogen) atoms. The highest BCUT2D eigenvalue weighted by Gasteiger charge is 2.03. The van der Waals surface area contributed by atoms with Gasteiger partial charge in [0.05, 0.1) is 25.1 Å². The van der Waals surface area contributed by atoms with Crippen LogP contribution in [0.4, 0.5) is 0 Å². The predicted molar refractivity (Wildman–Crippen MR) is 86.1 cm³/mol. The summed E-state index contributed by atoms with van der Waals surface area (Å²) < 4.78 is 5.45. The second kappa shape index (κ2) is 11.0. The van der Waals surface area contributed by atoms with Crippen LogP contribution < -0.4 is 5.32 Å². The Labute approximate surface area is 130 Å². The van der Waals surface area contributed by atoms with Crippen molar-refractivity contribution in [1.29, 1.82) is 0 Å². The molecule has 0 spiro atoms. The molecule has 2 N–H and O–H groups in total. The third-order valence-electron chi connectivity index (χ3n) is 2.48. The lowest BCUT2D eigenvalue weighted by molar-refractivity contribution is 0.0291. The molecule has 0 radical (unpaired) electrons. The minimum Gasteiger partial charge on any atom is -0.389 e. The van der Waals surface area contributed by atoms with E-state index in [9.17, 15) is 5.11 Å². The summed E-state index contributed by atoms with van der Waals surface area (Å²) in [5.41, 5.74) is 1.04. The van der Waals surface area contributed by atoms with E-state index < -0.39 is 6.10 Å². The highest BCUT2D eigenvalue weighted by atomic mass is 35.5. The molecular formula is C15H20ClNO2S. The van der Waals surface area contributed by atoms with E-state index in [0.717, 1.165) is 23.6 Å². The van der Waals surface area contributed by atoms with Crippen molar-refractivity contribution in [3.8, 4) is 12.3 Å². The minimum atomic E-state index is -0.500. The van der Waals surface area contributed by atoms with Gasteiger partial charge in [0.1, 0.15) is 0 Å². The first-order chi connectivity index (χ1) is 9.72. The van der Waals surface area contributed by atoms with E-state index in [1.165, 1.54) is 0 Å². The number of nitrogens with one attached hydrogen (secondary N) is 1. The molecule has 1 aromatic rings. The Morgan fingerprint density at radius 1 is 1.40 bits per heavy atom. The Kier molecular flexibility index (Phi) is 9.56. The molecular weight excluding hydrogens is 294 g/mol. The van der Waals surface area contributed by atoms with Crippen LogP contribution >= 0.6 is 23.4 Å². The van der Waals surface area contributed by atoms with E-state index in [-0.39, 0.29) is 0 Å². The fraction of sp³-hybridized carbons (Fsp3) is 0.467. The molecule has 0 fully saturated rings. The minimum absolute atomic E-state index is 0.313. The molecule has 0 saturated carbocycles. The van der Waals surface area contributed by atoms with Crippen molar-refractivity contribution in [3.05, 3.63) is 34.9 Å². The topological polar surface area (TPSA) is 41.5 Å². The van der Waals surface area contributed by atoms with Gasteiger partial charge in [0, 0.05) is 23.9 Å². The highest BCUT2D eigenvalue weighted by molar-refractivity contribution is 7.99. The van der Waals surface area contributed by atoms with Crippen molar-refractivity contribution >= 4 is 23.4 Å². The second-order valence-electron chi connectivity index (χ2n) is 4.26. The molecule has 5 heteroatoms. The number of terminal acetylenes is 1. The molecule has 1 aromatic carbocycles. The summed E-state index contributed by atoms with van der Waals surface area (Å²) in [6.45, 7) is 2.15. The summed E-state index contributed by atoms with van der Waals surface area (Å²) in [7, 11) is 0. The van der Waals surface area contributed by atoms with Crippen molar-refractivity contribution in [2.45, 2.75) is 12.7 Å². The maximum Gasteiger partial charge on any atom is 0.0897 e. The van der Waals surface area contributed by atoms with E-state index >= 15 is 0 Å². The average Bonchev–Trinajstić information content (AvgIpc) is 2.45. The first kappa shape index (κ1) is 17.4. The van der Waals surface area contributed by atoms with E-state index in [1.54, 1.807) is 11.8 Å². The van der Waals surface area contributed by atoms with Gasteiger partial charge < -0.3 is 15.2 Å². The fourth-order valence-electron chi connectivity index (χ4n) is 1.50. The van der Waals surface area contributed by atoms with Crippen LogP contribution in [0.2, 0.25) is 5.02 Å². The zero-order chi connectivity index (χ0) is 14.6. The molecule has 0 aliphatic heterocycles. The number of aliphatic hydroxyl groups excluding tert-OH is 1. The zero-order valence-electron chi connectivity index (χ0n) is 11.3. The Hall–Kier alpha value is -0.700. The van der Waals surface area contributed by atoms with E-state index in [2.05, 4.69) is 11.2 Å². The van der Waals surface area contributed by atoms with Crippen molar-refractivity contribution in [1.82, 2.24) is 5.32 Å². The van der Waals surface area contributed by atoms with Gasteiger partial charge in [-0.3, -0.25) is 0 Å². The first-order valence-corrected chi connectivity index (χ1v) is 7.98. The molecule has 0 amide bonds. The van der Waals surface area contributed by atoms with Crippen LogP contribution in [-0.4, -0.2) is 42.4 Å². The number of rotatable bonds is 10. The molecule has 0 aliphatic carbocycles. The quantitative estimate of drug-likeness (QED) is 0.513. The normalized spacial score (nSPS) is 12.1. The Morgan fingerprint density at radius 2 is 2.15 bits per heavy atom. The van der Waals surface area contributed by atoms with Crippen molar-refractivity contribution in [2.24, 2.45) is 0 Å². The van der Waals surface area contributed by atoms with E-state index in [0.29, 0.717) is 24.8 Å². The molecule has 0 bridgehead atoms. The van der Waals surface area contributed by atoms with Gasteiger partial charge >= 0.3 is 0 Å². The van der Waals surface area contributed by atoms with Crippen molar-refractivity contribution < 1.29 is 9.84 Å². The summed E-state index contributed by atoms with van der Waals surface area (Å²) in [6, 6.07) is 7.48. The maximum absolute atomic E-state index is 9.73. The van der Waals surface area contributed by atoms with Crippen LogP contribution in [0.1, 0.15) is 5.56 Å². The van der Waals surface area contributed by atoms with Gasteiger partial charge in [-0.15, -0.1) is 18.2 Å². The van der Waals surface area contributed by atoms with Crippen LogP contribution in [0.5, 0.6) is 0 Å². The molecule has 1 unspecified atom stereocenters. The molecule has 0 aliphatic rings. The Bertz CT molecular complexity index is 405. The summed E-state index contributed by atoms with van der Waals surface area (Å²) in [5.74, 6) is 4.25. The lowest BCUT2D eigenvalue weighted by atomic mass is 10.2. The van der Waals surface area contributed by atoms with Crippen molar-refractivity contribution in [2.75, 3.05) is 31.2 Å². The summed E-state index contributed by atoms with van der Waals surface area (Å²) in [6.07, 6.45) is 4.65. The van der Waals surface area contributed by atoms with Crippen LogP contribution in [0, 0.1) is 12.3 Å². The van der Waals surface area contributed by atoms with Gasteiger partial charge in [-0.2, -0.15) is 0 Å². The summed E-state index contributed by atoms with van der Waals surface area (Å²) >= 11 is 7.50. The molecule has 1 rings (SSSR count). The van der Waals surface area contributed by atoms with E-state index in [4.69, 9.17) is 22.8 Å². The number of hydrogen-bond donors (Lipinski definition) is 2. The Morgan fingerprint density at radius 3 is 2.85 bits per heavy atom. The Balaban J connectivity index is 2.01. The van der Waals surface area contributed by atoms with Gasteiger partial charge in [-0.1, -0.05) is 29.7 Å². The number of ether oxygens (including phenoxy) is 1. The SMILES string of the molecule is C#CCSCCNCC(O)COCc1ccc(Cl)cc1. The number of benzene rings is 1. The molecule has 1 atom stereocenters. The summed E-state index contributed by atoms with van der Waals surface area (Å²) in [4.78, 5) is 0. The highest BCUT2D eigenvalue weighted by Crippen LogP contribution is 2.10. The van der Waals surface area contributed by atoms with Gasteiger partial charge in [-0.25, -0.2) is 0 Å². The van der Waals surface area contributed by atoms with Gasteiger partial charge in [0.25, 0.3) is 0 Å². The predicted octanol–water partition coefficient (Wildman–Crippen LogP) is 2.17. The van der Waals surface area contributed by atoms with Crippen molar-refractivity contribution in [3.63, 3.8) is 0 Å². The lowest BCUT2D eigenvalue weighted by Crippen LogP contribution is -2.31. The first-order valence-electron chi connectivity index (χ1n) is 6.44. The molecule has 110 valence electrons. The van der Waals surface area contributed by atoms with Crippen LogP contribution in [0.3, 0.4) is 0 Å². The number of aliphatic hydroxyl groups is 1. The summed E-state index contributed by atoms with van der Waals surface area (Å²) in [5, 5.41) is 13.6. The third kappa shape index (κ3) is 8.47. The largest absolute Gasteiger partial charge is 0.389 e. The van der Waals surface area contributed by atoms with Gasteiger partial charge in [0.15, 0.2) is 0 Å².